The fraction of sp³-hybridized carbons (Fsp3) is 0.160. The third-order valence-electron chi connectivity index (χ3n) is 5.06. The maximum Gasteiger partial charge on any atom is 0.338 e. The molecule has 6 heteroatoms. The number of esters is 1. The average Bonchev–Trinajstić information content (AvgIpc) is 3.07. The molecule has 0 saturated carbocycles. The zero-order valence-electron chi connectivity index (χ0n) is 17.4. The Morgan fingerprint density at radius 3 is 2.55 bits per heavy atom. The summed E-state index contributed by atoms with van der Waals surface area (Å²) in [6.07, 6.45) is 3.38. The number of ether oxygens (including phenoxy) is 1. The standard InChI is InChI=1S/C25H22N2O3S/c1-4-14-30-24(29)21-17(3)26-25-27(22(21)19-8-6-5-7-9-19)23(28)20(31-25)15-18-12-10-16(2)11-13-18/h4-13,15,22H,1,14H2,2-3H3/b20-15-. The van der Waals surface area contributed by atoms with E-state index in [1.165, 1.54) is 17.4 Å². The maximum atomic E-state index is 13.4. The number of rotatable bonds is 5. The minimum atomic E-state index is -0.602. The maximum absolute atomic E-state index is 13.4. The molecule has 2 aromatic carbocycles. The number of carbonyl (C=O) groups excluding carboxylic acids is 1. The Bertz CT molecular complexity index is 1350. The highest BCUT2D eigenvalue weighted by Gasteiger charge is 2.33. The van der Waals surface area contributed by atoms with Gasteiger partial charge in [-0.25, -0.2) is 9.79 Å². The van der Waals surface area contributed by atoms with Gasteiger partial charge in [0.1, 0.15) is 6.61 Å². The van der Waals surface area contributed by atoms with Gasteiger partial charge in [0.25, 0.3) is 5.56 Å². The van der Waals surface area contributed by atoms with E-state index in [0.29, 0.717) is 20.6 Å². The molecule has 0 radical (unpaired) electrons. The Kier molecular flexibility index (Phi) is 5.82. The van der Waals surface area contributed by atoms with Crippen LogP contribution in [0, 0.1) is 6.92 Å². The molecule has 0 amide bonds. The van der Waals surface area contributed by atoms with E-state index < -0.39 is 12.0 Å². The smallest absolute Gasteiger partial charge is 0.338 e. The Labute approximate surface area is 184 Å². The molecule has 1 aliphatic rings. The Morgan fingerprint density at radius 1 is 1.16 bits per heavy atom. The van der Waals surface area contributed by atoms with Crippen molar-refractivity contribution in [2.24, 2.45) is 4.99 Å². The highest BCUT2D eigenvalue weighted by atomic mass is 32.1. The molecule has 0 fully saturated rings. The topological polar surface area (TPSA) is 60.7 Å². The highest BCUT2D eigenvalue weighted by molar-refractivity contribution is 7.07. The number of hydrogen-bond donors (Lipinski definition) is 0. The van der Waals surface area contributed by atoms with Gasteiger partial charge in [-0.15, -0.1) is 0 Å². The van der Waals surface area contributed by atoms with Crippen molar-refractivity contribution in [1.82, 2.24) is 4.57 Å². The fourth-order valence-electron chi connectivity index (χ4n) is 3.56. The summed E-state index contributed by atoms with van der Waals surface area (Å²) in [6, 6.07) is 16.9. The van der Waals surface area contributed by atoms with E-state index in [1.807, 2.05) is 67.6 Å². The van der Waals surface area contributed by atoms with E-state index >= 15 is 0 Å². The lowest BCUT2D eigenvalue weighted by Gasteiger charge is -2.24. The predicted molar refractivity (Wildman–Crippen MR) is 123 cm³/mol. The molecular formula is C25H22N2O3S. The molecule has 2 heterocycles. The van der Waals surface area contributed by atoms with Crippen molar-refractivity contribution in [3.63, 3.8) is 0 Å². The average molecular weight is 431 g/mol. The molecule has 0 bridgehead atoms. The summed E-state index contributed by atoms with van der Waals surface area (Å²) in [5.41, 5.74) is 3.65. The summed E-state index contributed by atoms with van der Waals surface area (Å²) in [7, 11) is 0. The molecule has 0 saturated heterocycles. The fourth-order valence-corrected chi connectivity index (χ4v) is 4.61. The zero-order chi connectivity index (χ0) is 22.0. The molecule has 4 rings (SSSR count). The van der Waals surface area contributed by atoms with Crippen LogP contribution in [0.1, 0.15) is 29.7 Å². The highest BCUT2D eigenvalue weighted by Crippen LogP contribution is 2.30. The first-order chi connectivity index (χ1) is 15.0. The largest absolute Gasteiger partial charge is 0.458 e. The molecule has 3 aromatic rings. The van der Waals surface area contributed by atoms with Gasteiger partial charge in [0.05, 0.1) is 21.8 Å². The summed E-state index contributed by atoms with van der Waals surface area (Å²) in [6.45, 7) is 7.49. The van der Waals surface area contributed by atoms with Crippen molar-refractivity contribution in [3.05, 3.63) is 115 Å². The van der Waals surface area contributed by atoms with E-state index in [0.717, 1.165) is 16.7 Å². The van der Waals surface area contributed by atoms with Crippen molar-refractivity contribution in [2.45, 2.75) is 19.9 Å². The van der Waals surface area contributed by atoms with Crippen LogP contribution in [0.4, 0.5) is 0 Å². The van der Waals surface area contributed by atoms with Gasteiger partial charge in [0, 0.05) is 0 Å². The van der Waals surface area contributed by atoms with Crippen LogP contribution in [-0.2, 0) is 9.53 Å². The second-order valence-electron chi connectivity index (χ2n) is 7.29. The Balaban J connectivity index is 1.92. The molecule has 1 aromatic heterocycles. The van der Waals surface area contributed by atoms with Crippen molar-refractivity contribution in [3.8, 4) is 0 Å². The number of fused-ring (bicyclic) bond motifs is 1. The van der Waals surface area contributed by atoms with Gasteiger partial charge in [-0.2, -0.15) is 0 Å². The molecule has 1 aliphatic heterocycles. The third kappa shape index (κ3) is 4.07. The van der Waals surface area contributed by atoms with E-state index in [1.54, 1.807) is 11.5 Å². The first kappa shape index (κ1) is 20.8. The SMILES string of the molecule is C=CCOC(=O)C1=C(C)N=c2s/c(=C\c3ccc(C)cc3)c(=O)n2C1c1ccccc1. The minimum absolute atomic E-state index is 0.0922. The second-order valence-corrected chi connectivity index (χ2v) is 8.30. The van der Waals surface area contributed by atoms with Crippen molar-refractivity contribution in [2.75, 3.05) is 6.61 Å². The van der Waals surface area contributed by atoms with Crippen molar-refractivity contribution < 1.29 is 9.53 Å². The van der Waals surface area contributed by atoms with Crippen LogP contribution < -0.4 is 14.9 Å². The van der Waals surface area contributed by atoms with E-state index in [-0.39, 0.29) is 12.2 Å². The molecule has 5 nitrogen and oxygen atoms in total. The van der Waals surface area contributed by atoms with Crippen molar-refractivity contribution >= 4 is 23.4 Å². The number of thiazole rings is 1. The van der Waals surface area contributed by atoms with Crippen LogP contribution >= 0.6 is 11.3 Å². The Hall–Kier alpha value is -3.51. The molecular weight excluding hydrogens is 408 g/mol. The lowest BCUT2D eigenvalue weighted by Crippen LogP contribution is -2.39. The van der Waals surface area contributed by atoms with E-state index in [9.17, 15) is 9.59 Å². The summed E-state index contributed by atoms with van der Waals surface area (Å²) >= 11 is 1.32. The van der Waals surface area contributed by atoms with E-state index in [4.69, 9.17) is 4.74 Å². The first-order valence-corrected chi connectivity index (χ1v) is 10.7. The van der Waals surface area contributed by atoms with Gasteiger partial charge < -0.3 is 4.74 Å². The quantitative estimate of drug-likeness (QED) is 0.461. The molecule has 0 aliphatic carbocycles. The second kappa shape index (κ2) is 8.70. The number of carbonyl (C=O) groups is 1. The van der Waals surface area contributed by atoms with Gasteiger partial charge in [0.2, 0.25) is 0 Å². The van der Waals surface area contributed by atoms with E-state index in [2.05, 4.69) is 11.6 Å². The van der Waals surface area contributed by atoms with Gasteiger partial charge in [-0.3, -0.25) is 9.36 Å². The lowest BCUT2D eigenvalue weighted by molar-refractivity contribution is -0.138. The lowest BCUT2D eigenvalue weighted by atomic mass is 9.96. The van der Waals surface area contributed by atoms with Crippen LogP contribution in [0.2, 0.25) is 0 Å². The monoisotopic (exact) mass is 430 g/mol. The van der Waals surface area contributed by atoms with Crippen LogP contribution in [0.5, 0.6) is 0 Å². The molecule has 156 valence electrons. The summed E-state index contributed by atoms with van der Waals surface area (Å²) in [4.78, 5) is 31.5. The number of allylic oxidation sites excluding steroid dienone is 1. The van der Waals surface area contributed by atoms with Gasteiger partial charge in [0.15, 0.2) is 4.80 Å². The first-order valence-electron chi connectivity index (χ1n) is 9.92. The molecule has 1 atom stereocenters. The molecule has 0 N–H and O–H groups in total. The minimum Gasteiger partial charge on any atom is -0.458 e. The molecule has 31 heavy (non-hydrogen) atoms. The predicted octanol–water partition coefficient (Wildman–Crippen LogP) is 3.27. The zero-order valence-corrected chi connectivity index (χ0v) is 18.2. The summed E-state index contributed by atoms with van der Waals surface area (Å²) < 4.78 is 7.49. The number of aryl methyl sites for hydroxylation is 1. The van der Waals surface area contributed by atoms with Crippen LogP contribution in [-0.4, -0.2) is 17.1 Å². The van der Waals surface area contributed by atoms with Crippen LogP contribution in [0.15, 0.2) is 88.3 Å². The Morgan fingerprint density at radius 2 is 1.87 bits per heavy atom. The van der Waals surface area contributed by atoms with Gasteiger partial charge in [-0.1, -0.05) is 84.2 Å². The van der Waals surface area contributed by atoms with Crippen molar-refractivity contribution in [1.29, 1.82) is 0 Å². The van der Waals surface area contributed by atoms with Crippen LogP contribution in [0.25, 0.3) is 6.08 Å². The van der Waals surface area contributed by atoms with Gasteiger partial charge >= 0.3 is 5.97 Å². The normalized spacial score (nSPS) is 15.9. The molecule has 0 spiro atoms. The summed E-state index contributed by atoms with van der Waals surface area (Å²) in [5, 5.41) is 0. The number of hydrogen-bond acceptors (Lipinski definition) is 5. The molecule has 1 unspecified atom stereocenters. The number of benzene rings is 2. The summed E-state index contributed by atoms with van der Waals surface area (Å²) in [5.74, 6) is -0.497. The third-order valence-corrected chi connectivity index (χ3v) is 6.05. The van der Waals surface area contributed by atoms with Crippen LogP contribution in [0.3, 0.4) is 0 Å². The van der Waals surface area contributed by atoms with Gasteiger partial charge in [-0.05, 0) is 31.1 Å². The number of aromatic nitrogens is 1. The number of nitrogens with zero attached hydrogens (tertiary/aromatic N) is 2.